The Morgan fingerprint density at radius 1 is 1.19 bits per heavy atom. The van der Waals surface area contributed by atoms with Crippen LogP contribution in [0.15, 0.2) is 51.9 Å². The van der Waals surface area contributed by atoms with Gasteiger partial charge in [0.2, 0.25) is 0 Å². The first-order chi connectivity index (χ1) is 18.1. The lowest BCUT2D eigenvalue weighted by atomic mass is 10.0. The quantitative estimate of drug-likeness (QED) is 0.425. The smallest absolute Gasteiger partial charge is 0.289 e. The van der Waals surface area contributed by atoms with Gasteiger partial charge < -0.3 is 19.0 Å². The molecule has 1 amide bonds. The van der Waals surface area contributed by atoms with Gasteiger partial charge in [-0.2, -0.15) is 0 Å². The van der Waals surface area contributed by atoms with Crippen LogP contribution >= 0.6 is 0 Å². The number of aromatic amines is 1. The first kappa shape index (κ1) is 23.6. The first-order valence-corrected chi connectivity index (χ1v) is 12.6. The van der Waals surface area contributed by atoms with Crippen molar-refractivity contribution in [1.82, 2.24) is 35.0 Å². The second-order valence-electron chi connectivity index (χ2n) is 9.71. The summed E-state index contributed by atoms with van der Waals surface area (Å²) in [6.07, 6.45) is 3.51. The van der Waals surface area contributed by atoms with Crippen LogP contribution in [-0.4, -0.2) is 79.8 Å². The van der Waals surface area contributed by atoms with Gasteiger partial charge in [0.05, 0.1) is 18.9 Å². The summed E-state index contributed by atoms with van der Waals surface area (Å²) in [4.78, 5) is 33.3. The van der Waals surface area contributed by atoms with Gasteiger partial charge in [-0.25, -0.2) is 4.68 Å². The molecule has 2 fully saturated rings. The summed E-state index contributed by atoms with van der Waals surface area (Å²) >= 11 is 0. The van der Waals surface area contributed by atoms with Crippen molar-refractivity contribution < 1.29 is 13.9 Å². The minimum Gasteiger partial charge on any atom is -0.459 e. The zero-order valence-electron chi connectivity index (χ0n) is 20.7. The molecule has 5 heterocycles. The SMILES string of the molecule is Cc1ccc2cc(C(c3nnnn3CC3CCCO3)N3CCN(C(=O)c4ccco4)CC3)c(=O)[nH]c2c1. The highest BCUT2D eigenvalue weighted by atomic mass is 16.5. The second-order valence-corrected chi connectivity index (χ2v) is 9.71. The monoisotopic (exact) mass is 503 g/mol. The Labute approximate surface area is 213 Å². The van der Waals surface area contributed by atoms with Gasteiger partial charge in [-0.15, -0.1) is 5.10 Å². The summed E-state index contributed by atoms with van der Waals surface area (Å²) in [7, 11) is 0. The number of hydrogen-bond acceptors (Lipinski definition) is 8. The molecule has 11 heteroatoms. The largest absolute Gasteiger partial charge is 0.459 e. The van der Waals surface area contributed by atoms with Crippen molar-refractivity contribution in [2.24, 2.45) is 0 Å². The van der Waals surface area contributed by atoms with E-state index in [1.165, 1.54) is 6.26 Å². The van der Waals surface area contributed by atoms with Gasteiger partial charge in [-0.3, -0.25) is 14.5 Å². The number of carbonyl (C=O) groups is 1. The lowest BCUT2D eigenvalue weighted by Gasteiger charge is -2.38. The fourth-order valence-corrected chi connectivity index (χ4v) is 5.29. The molecule has 0 bridgehead atoms. The lowest BCUT2D eigenvalue weighted by molar-refractivity contribution is 0.0550. The third kappa shape index (κ3) is 4.67. The Balaban J connectivity index is 1.35. The highest BCUT2D eigenvalue weighted by molar-refractivity contribution is 5.91. The van der Waals surface area contributed by atoms with Gasteiger partial charge in [0.1, 0.15) is 6.04 Å². The summed E-state index contributed by atoms with van der Waals surface area (Å²) in [5, 5.41) is 13.6. The molecule has 2 unspecified atom stereocenters. The van der Waals surface area contributed by atoms with Crippen molar-refractivity contribution in [1.29, 1.82) is 0 Å². The van der Waals surface area contributed by atoms with E-state index in [1.54, 1.807) is 21.7 Å². The van der Waals surface area contributed by atoms with Crippen molar-refractivity contribution >= 4 is 16.8 Å². The molecule has 2 aliphatic heterocycles. The normalized spacial score (nSPS) is 19.5. The maximum atomic E-state index is 13.4. The maximum Gasteiger partial charge on any atom is 0.289 e. The zero-order chi connectivity index (χ0) is 25.4. The average Bonchev–Trinajstić information content (AvgIpc) is 3.69. The van der Waals surface area contributed by atoms with Crippen molar-refractivity contribution in [3.63, 3.8) is 0 Å². The number of furan rings is 1. The summed E-state index contributed by atoms with van der Waals surface area (Å²) in [6, 6.07) is 10.8. The molecule has 0 saturated carbocycles. The van der Waals surface area contributed by atoms with Crippen LogP contribution in [0.2, 0.25) is 0 Å². The van der Waals surface area contributed by atoms with E-state index in [0.29, 0.717) is 49.9 Å². The molecule has 0 aliphatic carbocycles. The number of aromatic nitrogens is 5. The number of hydrogen-bond donors (Lipinski definition) is 1. The highest BCUT2D eigenvalue weighted by Crippen LogP contribution is 2.29. The summed E-state index contributed by atoms with van der Waals surface area (Å²) in [6.45, 7) is 5.35. The molecule has 1 aromatic carbocycles. The molecule has 2 atom stereocenters. The van der Waals surface area contributed by atoms with Gasteiger partial charge in [-0.1, -0.05) is 12.1 Å². The van der Waals surface area contributed by atoms with E-state index in [1.807, 2.05) is 31.2 Å². The van der Waals surface area contributed by atoms with E-state index in [-0.39, 0.29) is 17.6 Å². The molecular formula is C26H29N7O4. The zero-order valence-corrected chi connectivity index (χ0v) is 20.7. The van der Waals surface area contributed by atoms with Crippen molar-refractivity contribution in [3.8, 4) is 0 Å². The van der Waals surface area contributed by atoms with Gasteiger partial charge in [-0.05, 0) is 65.4 Å². The predicted molar refractivity (Wildman–Crippen MR) is 134 cm³/mol. The third-order valence-corrected chi connectivity index (χ3v) is 7.23. The number of nitrogens with one attached hydrogen (secondary N) is 1. The standard InChI is InChI=1S/C26H29N7O4/c1-17-6-7-18-15-20(25(34)27-21(18)14-17)23(24-28-29-30-33(24)16-19-4-2-12-36-19)31-8-10-32(11-9-31)26(35)22-5-3-13-37-22/h3,5-7,13-15,19,23H,2,4,8-12,16H2,1H3,(H,27,34). The molecule has 6 rings (SSSR count). The molecule has 0 spiro atoms. The van der Waals surface area contributed by atoms with Crippen LogP contribution in [0.5, 0.6) is 0 Å². The van der Waals surface area contributed by atoms with Gasteiger partial charge in [0, 0.05) is 43.9 Å². The number of carbonyl (C=O) groups excluding carboxylic acids is 1. The minimum atomic E-state index is -0.480. The number of tetrazole rings is 1. The molecular weight excluding hydrogens is 474 g/mol. The number of aryl methyl sites for hydroxylation is 1. The van der Waals surface area contributed by atoms with E-state index in [0.717, 1.165) is 35.9 Å². The molecule has 192 valence electrons. The van der Waals surface area contributed by atoms with E-state index in [2.05, 4.69) is 25.4 Å². The first-order valence-electron chi connectivity index (χ1n) is 12.6. The summed E-state index contributed by atoms with van der Waals surface area (Å²) in [5.41, 5.74) is 2.26. The van der Waals surface area contributed by atoms with Crippen LogP contribution in [0.4, 0.5) is 0 Å². The number of fused-ring (bicyclic) bond motifs is 1. The van der Waals surface area contributed by atoms with E-state index in [4.69, 9.17) is 9.15 Å². The molecule has 2 saturated heterocycles. The Hall–Kier alpha value is -3.83. The molecule has 37 heavy (non-hydrogen) atoms. The Bertz CT molecular complexity index is 1450. The predicted octanol–water partition coefficient (Wildman–Crippen LogP) is 2.14. The van der Waals surface area contributed by atoms with Crippen LogP contribution in [-0.2, 0) is 11.3 Å². The van der Waals surface area contributed by atoms with Crippen LogP contribution < -0.4 is 5.56 Å². The van der Waals surface area contributed by atoms with Crippen molar-refractivity contribution in [2.45, 2.75) is 38.5 Å². The lowest BCUT2D eigenvalue weighted by Crippen LogP contribution is -2.50. The Morgan fingerprint density at radius 2 is 2.05 bits per heavy atom. The molecule has 2 aliphatic rings. The maximum absolute atomic E-state index is 13.4. The Kier molecular flexibility index (Phi) is 6.31. The number of pyridine rings is 1. The fraction of sp³-hybridized carbons (Fsp3) is 0.423. The summed E-state index contributed by atoms with van der Waals surface area (Å²) < 4.78 is 12.9. The van der Waals surface area contributed by atoms with Crippen LogP contribution in [0.25, 0.3) is 10.9 Å². The molecule has 3 aromatic heterocycles. The third-order valence-electron chi connectivity index (χ3n) is 7.23. The van der Waals surface area contributed by atoms with Crippen LogP contribution in [0.1, 0.15) is 46.4 Å². The molecule has 11 nitrogen and oxygen atoms in total. The number of ether oxygens (including phenoxy) is 1. The number of H-pyrrole nitrogens is 1. The van der Waals surface area contributed by atoms with Gasteiger partial charge in [0.15, 0.2) is 11.6 Å². The van der Waals surface area contributed by atoms with Crippen molar-refractivity contribution in [3.05, 3.63) is 75.7 Å². The summed E-state index contributed by atoms with van der Waals surface area (Å²) in [5.74, 6) is 0.786. The van der Waals surface area contributed by atoms with E-state index >= 15 is 0 Å². The van der Waals surface area contributed by atoms with Gasteiger partial charge in [0.25, 0.3) is 11.5 Å². The van der Waals surface area contributed by atoms with Crippen molar-refractivity contribution in [2.75, 3.05) is 32.8 Å². The number of piperazine rings is 1. The van der Waals surface area contributed by atoms with Crippen LogP contribution in [0.3, 0.4) is 0 Å². The molecule has 0 radical (unpaired) electrons. The van der Waals surface area contributed by atoms with Crippen LogP contribution in [0, 0.1) is 6.92 Å². The van der Waals surface area contributed by atoms with E-state index < -0.39 is 6.04 Å². The average molecular weight is 504 g/mol. The number of nitrogens with zero attached hydrogens (tertiary/aromatic N) is 6. The second kappa shape index (κ2) is 9.91. The molecule has 4 aromatic rings. The highest BCUT2D eigenvalue weighted by Gasteiger charge is 2.34. The fourth-order valence-electron chi connectivity index (χ4n) is 5.29. The molecule has 1 N–H and O–H groups in total. The topological polar surface area (TPSA) is 122 Å². The minimum absolute atomic E-state index is 0.0449. The Morgan fingerprint density at radius 3 is 2.81 bits per heavy atom. The van der Waals surface area contributed by atoms with Gasteiger partial charge >= 0.3 is 0 Å². The number of rotatable bonds is 6. The number of amides is 1. The number of benzene rings is 1. The van der Waals surface area contributed by atoms with E-state index in [9.17, 15) is 9.59 Å².